The molecule has 0 aliphatic carbocycles. The molecule has 1 amide bonds. The molecule has 0 bridgehead atoms. The fraction of sp³-hybridized carbons (Fsp3) is 0.278. The molecule has 2 aromatic rings. The molecule has 2 aromatic carbocycles. The Morgan fingerprint density at radius 1 is 1.23 bits per heavy atom. The van der Waals surface area contributed by atoms with E-state index in [0.29, 0.717) is 0 Å². The fourth-order valence-electron chi connectivity index (χ4n) is 2.16. The number of rotatable bonds is 5. The molecule has 116 valence electrons. The lowest BCUT2D eigenvalue weighted by atomic mass is 10.1. The molecule has 0 aliphatic rings. The summed E-state index contributed by atoms with van der Waals surface area (Å²) < 4.78 is 0. The smallest absolute Gasteiger partial charge is 0.237 e. The van der Waals surface area contributed by atoms with Crippen molar-refractivity contribution in [1.29, 1.82) is 0 Å². The summed E-state index contributed by atoms with van der Waals surface area (Å²) in [5.41, 5.74) is 9.61. The Hall–Kier alpha value is -1.94. The van der Waals surface area contributed by atoms with Gasteiger partial charge in [0.15, 0.2) is 0 Å². The predicted octanol–water partition coefficient (Wildman–Crippen LogP) is 4.40. The zero-order valence-corrected chi connectivity index (χ0v) is 14.0. The van der Waals surface area contributed by atoms with Gasteiger partial charge in [0.1, 0.15) is 0 Å². The van der Waals surface area contributed by atoms with Gasteiger partial charge < -0.3 is 11.1 Å². The van der Waals surface area contributed by atoms with E-state index in [9.17, 15) is 4.79 Å². The van der Waals surface area contributed by atoms with E-state index in [1.54, 1.807) is 11.8 Å². The molecule has 0 aliphatic heterocycles. The minimum atomic E-state index is -0.137. The van der Waals surface area contributed by atoms with Crippen molar-refractivity contribution < 1.29 is 4.79 Å². The van der Waals surface area contributed by atoms with Gasteiger partial charge in [-0.3, -0.25) is 4.79 Å². The first kappa shape index (κ1) is 16.4. The maximum Gasteiger partial charge on any atom is 0.237 e. The zero-order chi connectivity index (χ0) is 16.1. The number of nitrogens with one attached hydrogen (secondary N) is 1. The van der Waals surface area contributed by atoms with Gasteiger partial charge in [0.25, 0.3) is 0 Å². The number of anilines is 2. The van der Waals surface area contributed by atoms with E-state index < -0.39 is 0 Å². The van der Waals surface area contributed by atoms with Gasteiger partial charge in [0.05, 0.1) is 5.25 Å². The standard InChI is InChI=1S/C18H22N2OS/c1-4-17(22-15-7-5-6-14(19)11-15)18(21)20-16-10-12(2)8-9-13(16)3/h5-11,17H,4,19H2,1-3H3,(H,20,21). The highest BCUT2D eigenvalue weighted by atomic mass is 32.2. The van der Waals surface area contributed by atoms with E-state index in [1.165, 1.54) is 0 Å². The number of hydrogen-bond donors (Lipinski definition) is 2. The Kier molecular flexibility index (Phi) is 5.50. The highest BCUT2D eigenvalue weighted by Crippen LogP contribution is 2.28. The Morgan fingerprint density at radius 3 is 2.68 bits per heavy atom. The molecule has 22 heavy (non-hydrogen) atoms. The van der Waals surface area contributed by atoms with Crippen LogP contribution in [0.15, 0.2) is 47.4 Å². The third kappa shape index (κ3) is 4.28. The van der Waals surface area contributed by atoms with Gasteiger partial charge in [-0.05, 0) is 55.7 Å². The van der Waals surface area contributed by atoms with E-state index in [0.717, 1.165) is 33.8 Å². The summed E-state index contributed by atoms with van der Waals surface area (Å²) >= 11 is 1.55. The first-order valence-corrected chi connectivity index (χ1v) is 8.28. The van der Waals surface area contributed by atoms with Crippen LogP contribution < -0.4 is 11.1 Å². The predicted molar refractivity (Wildman–Crippen MR) is 95.3 cm³/mol. The van der Waals surface area contributed by atoms with Gasteiger partial charge in [0, 0.05) is 16.3 Å². The van der Waals surface area contributed by atoms with Gasteiger partial charge in [-0.25, -0.2) is 0 Å². The molecule has 3 N–H and O–H groups in total. The van der Waals surface area contributed by atoms with E-state index in [2.05, 4.69) is 5.32 Å². The molecule has 2 rings (SSSR count). The lowest BCUT2D eigenvalue weighted by molar-refractivity contribution is -0.115. The molecule has 1 unspecified atom stereocenters. The molecule has 0 heterocycles. The minimum Gasteiger partial charge on any atom is -0.399 e. The molecule has 4 heteroatoms. The average Bonchev–Trinajstić information content (AvgIpc) is 2.48. The van der Waals surface area contributed by atoms with Crippen LogP contribution in [-0.2, 0) is 4.79 Å². The summed E-state index contributed by atoms with van der Waals surface area (Å²) in [6.45, 7) is 6.04. The number of hydrogen-bond acceptors (Lipinski definition) is 3. The van der Waals surface area contributed by atoms with Crippen molar-refractivity contribution in [3.8, 4) is 0 Å². The van der Waals surface area contributed by atoms with Crippen LogP contribution in [0.1, 0.15) is 24.5 Å². The van der Waals surface area contributed by atoms with Crippen LogP contribution in [0.5, 0.6) is 0 Å². The van der Waals surface area contributed by atoms with Crippen molar-refractivity contribution in [1.82, 2.24) is 0 Å². The maximum atomic E-state index is 12.5. The minimum absolute atomic E-state index is 0.0311. The molecule has 0 spiro atoms. The number of thioether (sulfide) groups is 1. The van der Waals surface area contributed by atoms with Gasteiger partial charge in [-0.2, -0.15) is 0 Å². The van der Waals surface area contributed by atoms with E-state index >= 15 is 0 Å². The van der Waals surface area contributed by atoms with Crippen molar-refractivity contribution in [2.24, 2.45) is 0 Å². The monoisotopic (exact) mass is 314 g/mol. The van der Waals surface area contributed by atoms with Crippen LogP contribution in [0, 0.1) is 13.8 Å². The Morgan fingerprint density at radius 2 is 2.00 bits per heavy atom. The topological polar surface area (TPSA) is 55.1 Å². The van der Waals surface area contributed by atoms with Gasteiger partial charge in [0.2, 0.25) is 5.91 Å². The lowest BCUT2D eigenvalue weighted by Crippen LogP contribution is -2.25. The number of amides is 1. The van der Waals surface area contributed by atoms with Crippen LogP contribution in [0.2, 0.25) is 0 Å². The number of carbonyl (C=O) groups excluding carboxylic acids is 1. The van der Waals surface area contributed by atoms with Crippen LogP contribution in [0.25, 0.3) is 0 Å². The van der Waals surface area contributed by atoms with Crippen LogP contribution >= 0.6 is 11.8 Å². The molecular formula is C18H22N2OS. The number of benzene rings is 2. The number of aryl methyl sites for hydroxylation is 2. The second-order valence-corrected chi connectivity index (χ2v) is 6.67. The van der Waals surface area contributed by atoms with Crippen LogP contribution in [0.3, 0.4) is 0 Å². The molecule has 0 fully saturated rings. The van der Waals surface area contributed by atoms with Crippen molar-refractivity contribution >= 4 is 29.0 Å². The Bertz CT molecular complexity index is 670. The van der Waals surface area contributed by atoms with Crippen LogP contribution in [0.4, 0.5) is 11.4 Å². The lowest BCUT2D eigenvalue weighted by Gasteiger charge is -2.16. The van der Waals surface area contributed by atoms with Crippen molar-refractivity contribution in [2.75, 3.05) is 11.1 Å². The van der Waals surface area contributed by atoms with Gasteiger partial charge in [-0.15, -0.1) is 11.8 Å². The zero-order valence-electron chi connectivity index (χ0n) is 13.2. The largest absolute Gasteiger partial charge is 0.399 e. The average molecular weight is 314 g/mol. The van der Waals surface area contributed by atoms with Crippen molar-refractivity contribution in [3.05, 3.63) is 53.6 Å². The van der Waals surface area contributed by atoms with Crippen molar-refractivity contribution in [3.63, 3.8) is 0 Å². The van der Waals surface area contributed by atoms with Gasteiger partial charge >= 0.3 is 0 Å². The molecule has 0 radical (unpaired) electrons. The highest BCUT2D eigenvalue weighted by molar-refractivity contribution is 8.00. The van der Waals surface area contributed by atoms with E-state index in [-0.39, 0.29) is 11.2 Å². The first-order valence-electron chi connectivity index (χ1n) is 7.40. The summed E-state index contributed by atoms with van der Waals surface area (Å²) in [7, 11) is 0. The SMILES string of the molecule is CCC(Sc1cccc(N)c1)C(=O)Nc1cc(C)ccc1C. The second kappa shape index (κ2) is 7.36. The third-order valence-corrected chi connectivity index (χ3v) is 4.81. The maximum absolute atomic E-state index is 12.5. The summed E-state index contributed by atoms with van der Waals surface area (Å²) in [4.78, 5) is 13.5. The molecule has 3 nitrogen and oxygen atoms in total. The number of nitrogens with two attached hydrogens (primary N) is 1. The highest BCUT2D eigenvalue weighted by Gasteiger charge is 2.18. The van der Waals surface area contributed by atoms with Gasteiger partial charge in [-0.1, -0.05) is 25.1 Å². The quantitative estimate of drug-likeness (QED) is 0.635. The Balaban J connectivity index is 2.10. The molecular weight excluding hydrogens is 292 g/mol. The number of carbonyl (C=O) groups is 1. The number of nitrogen functional groups attached to an aromatic ring is 1. The molecule has 1 atom stereocenters. The van der Waals surface area contributed by atoms with Crippen LogP contribution in [-0.4, -0.2) is 11.2 Å². The molecule has 0 saturated heterocycles. The summed E-state index contributed by atoms with van der Waals surface area (Å²) in [5, 5.41) is 2.91. The van der Waals surface area contributed by atoms with E-state index in [1.807, 2.05) is 63.2 Å². The third-order valence-electron chi connectivity index (χ3n) is 3.45. The van der Waals surface area contributed by atoms with Crippen molar-refractivity contribution in [2.45, 2.75) is 37.3 Å². The first-order chi connectivity index (χ1) is 10.5. The molecule has 0 saturated carbocycles. The Labute approximate surface area is 136 Å². The summed E-state index contributed by atoms with van der Waals surface area (Å²) in [6, 6.07) is 13.7. The summed E-state index contributed by atoms with van der Waals surface area (Å²) in [5.74, 6) is 0.0311. The fourth-order valence-corrected chi connectivity index (χ4v) is 3.18. The second-order valence-electron chi connectivity index (χ2n) is 5.39. The summed E-state index contributed by atoms with van der Waals surface area (Å²) in [6.07, 6.45) is 0.760. The molecule has 0 aromatic heterocycles. The van der Waals surface area contributed by atoms with E-state index in [4.69, 9.17) is 5.73 Å². The normalized spacial score (nSPS) is 12.0.